The van der Waals surface area contributed by atoms with Gasteiger partial charge in [0.1, 0.15) is 17.4 Å². The van der Waals surface area contributed by atoms with Crippen LogP contribution in [0.15, 0.2) is 35.9 Å². The number of anilines is 1. The lowest BCUT2D eigenvalue weighted by Gasteiger charge is -2.15. The van der Waals surface area contributed by atoms with Crippen molar-refractivity contribution in [2.75, 3.05) is 26.1 Å². The van der Waals surface area contributed by atoms with Crippen molar-refractivity contribution in [1.82, 2.24) is 4.57 Å². The van der Waals surface area contributed by atoms with E-state index in [-0.39, 0.29) is 5.57 Å². The zero-order valence-electron chi connectivity index (χ0n) is 18.4. The maximum absolute atomic E-state index is 12.5. The molecule has 0 unspecified atom stereocenters. The van der Waals surface area contributed by atoms with Crippen molar-refractivity contribution in [1.29, 1.82) is 5.26 Å². The first kappa shape index (κ1) is 23.7. The van der Waals surface area contributed by atoms with E-state index in [1.807, 2.05) is 30.6 Å². The van der Waals surface area contributed by atoms with E-state index in [9.17, 15) is 14.9 Å². The molecule has 0 saturated heterocycles. The molecule has 0 aliphatic heterocycles. The fourth-order valence-corrected chi connectivity index (χ4v) is 3.05. The summed E-state index contributed by atoms with van der Waals surface area (Å²) in [6.45, 7) is 6.49. The van der Waals surface area contributed by atoms with Crippen molar-refractivity contribution in [3.05, 3.63) is 52.9 Å². The van der Waals surface area contributed by atoms with Crippen molar-refractivity contribution < 1.29 is 23.8 Å². The number of methoxy groups -OCH3 is 2. The molecule has 0 bridgehead atoms. The van der Waals surface area contributed by atoms with Gasteiger partial charge in [0.2, 0.25) is 0 Å². The third kappa shape index (κ3) is 5.96. The van der Waals surface area contributed by atoms with Gasteiger partial charge in [0.25, 0.3) is 5.91 Å². The van der Waals surface area contributed by atoms with E-state index in [0.29, 0.717) is 24.6 Å². The molecular weight excluding hydrogens is 398 g/mol. The van der Waals surface area contributed by atoms with Crippen LogP contribution >= 0.6 is 0 Å². The van der Waals surface area contributed by atoms with Gasteiger partial charge >= 0.3 is 5.97 Å². The van der Waals surface area contributed by atoms with E-state index < -0.39 is 18.0 Å². The fourth-order valence-electron chi connectivity index (χ4n) is 3.05. The number of hydrogen-bond acceptors (Lipinski definition) is 6. The Morgan fingerprint density at radius 1 is 1.26 bits per heavy atom. The molecule has 8 nitrogen and oxygen atoms in total. The van der Waals surface area contributed by atoms with Crippen molar-refractivity contribution in [2.24, 2.45) is 0 Å². The monoisotopic (exact) mass is 425 g/mol. The first-order valence-corrected chi connectivity index (χ1v) is 9.74. The van der Waals surface area contributed by atoms with Crippen molar-refractivity contribution in [3.8, 4) is 11.8 Å². The highest BCUT2D eigenvalue weighted by molar-refractivity contribution is 6.01. The number of nitrogens with zero attached hydrogens (tertiary/aromatic N) is 2. The SMILES string of the molecule is COCCn1c(C)cc(/C=C(\C#N)C(=O)O[C@@H](C)C(=O)Nc2ccccc2OC)c1C. The Balaban J connectivity index is 2.12. The van der Waals surface area contributed by atoms with Crippen LogP contribution < -0.4 is 10.1 Å². The molecule has 0 aliphatic carbocycles. The van der Waals surface area contributed by atoms with Crippen LogP contribution in [0, 0.1) is 25.2 Å². The smallest absolute Gasteiger partial charge is 0.349 e. The lowest BCUT2D eigenvalue weighted by Crippen LogP contribution is -2.30. The molecule has 0 saturated carbocycles. The second-order valence-corrected chi connectivity index (χ2v) is 6.88. The van der Waals surface area contributed by atoms with Gasteiger partial charge in [-0.2, -0.15) is 5.26 Å². The summed E-state index contributed by atoms with van der Waals surface area (Å²) in [7, 11) is 3.12. The summed E-state index contributed by atoms with van der Waals surface area (Å²) < 4.78 is 17.6. The number of esters is 1. The number of rotatable bonds is 9. The Morgan fingerprint density at radius 3 is 2.61 bits per heavy atom. The Bertz CT molecular complexity index is 1020. The highest BCUT2D eigenvalue weighted by Gasteiger charge is 2.22. The lowest BCUT2D eigenvalue weighted by molar-refractivity contribution is -0.148. The predicted molar refractivity (Wildman–Crippen MR) is 117 cm³/mol. The number of ether oxygens (including phenoxy) is 3. The summed E-state index contributed by atoms with van der Waals surface area (Å²) in [5.74, 6) is -0.921. The maximum atomic E-state index is 12.5. The molecule has 8 heteroatoms. The van der Waals surface area contributed by atoms with Crippen LogP contribution in [0.4, 0.5) is 5.69 Å². The Morgan fingerprint density at radius 2 is 1.97 bits per heavy atom. The van der Waals surface area contributed by atoms with Gasteiger partial charge in [0.05, 0.1) is 19.4 Å². The standard InChI is InChI=1S/C23H27N3O5/c1-15-12-18(16(2)26(15)10-11-29-4)13-19(14-24)23(28)31-17(3)22(27)25-20-8-6-7-9-21(20)30-5/h6-9,12-13,17H,10-11H2,1-5H3,(H,25,27)/b19-13+/t17-/m0/s1. The summed E-state index contributed by atoms with van der Waals surface area (Å²) in [4.78, 5) is 24.9. The zero-order chi connectivity index (χ0) is 23.0. The topological polar surface area (TPSA) is 103 Å². The van der Waals surface area contributed by atoms with Crippen LogP contribution in [0.25, 0.3) is 6.08 Å². The highest BCUT2D eigenvalue weighted by Crippen LogP contribution is 2.23. The molecular formula is C23H27N3O5. The van der Waals surface area contributed by atoms with Crippen LogP contribution in [0.2, 0.25) is 0 Å². The quantitative estimate of drug-likeness (QED) is 0.376. The normalized spacial score (nSPS) is 12.1. The maximum Gasteiger partial charge on any atom is 0.349 e. The highest BCUT2D eigenvalue weighted by atomic mass is 16.5. The molecule has 1 heterocycles. The largest absolute Gasteiger partial charge is 0.495 e. The molecule has 1 N–H and O–H groups in total. The number of aryl methyl sites for hydroxylation is 1. The molecule has 0 aliphatic rings. The number of nitrogens with one attached hydrogen (secondary N) is 1. The first-order valence-electron chi connectivity index (χ1n) is 9.74. The second kappa shape index (κ2) is 11.0. The third-order valence-corrected chi connectivity index (χ3v) is 4.79. The van der Waals surface area contributed by atoms with Crippen LogP contribution in [-0.2, 0) is 25.6 Å². The summed E-state index contributed by atoms with van der Waals surface area (Å²) in [6, 6.07) is 10.6. The Hall–Kier alpha value is -3.57. The molecule has 0 fully saturated rings. The van der Waals surface area contributed by atoms with Gasteiger partial charge in [0.15, 0.2) is 6.10 Å². The summed E-state index contributed by atoms with van der Waals surface area (Å²) in [5, 5.41) is 12.1. The van der Waals surface area contributed by atoms with Crippen molar-refractivity contribution in [2.45, 2.75) is 33.4 Å². The Labute approximate surface area is 182 Å². The van der Waals surface area contributed by atoms with E-state index in [1.165, 1.54) is 20.1 Å². The molecule has 1 amide bonds. The van der Waals surface area contributed by atoms with Gasteiger partial charge in [-0.25, -0.2) is 4.79 Å². The predicted octanol–water partition coefficient (Wildman–Crippen LogP) is 3.24. The lowest BCUT2D eigenvalue weighted by atomic mass is 10.1. The molecule has 0 radical (unpaired) electrons. The van der Waals surface area contributed by atoms with E-state index in [2.05, 4.69) is 5.32 Å². The van der Waals surface area contributed by atoms with Crippen LogP contribution in [-0.4, -0.2) is 43.4 Å². The molecule has 164 valence electrons. The molecule has 0 spiro atoms. The molecule has 2 aromatic rings. The minimum atomic E-state index is -1.11. The molecule has 31 heavy (non-hydrogen) atoms. The van der Waals surface area contributed by atoms with E-state index >= 15 is 0 Å². The minimum Gasteiger partial charge on any atom is -0.495 e. The second-order valence-electron chi connectivity index (χ2n) is 6.88. The van der Waals surface area contributed by atoms with Crippen molar-refractivity contribution in [3.63, 3.8) is 0 Å². The van der Waals surface area contributed by atoms with Gasteiger partial charge in [-0.1, -0.05) is 12.1 Å². The summed E-state index contributed by atoms with van der Waals surface area (Å²) in [5.41, 5.74) is 2.88. The number of para-hydroxylation sites is 2. The van der Waals surface area contributed by atoms with Gasteiger partial charge in [-0.05, 0) is 50.6 Å². The van der Waals surface area contributed by atoms with Crippen LogP contribution in [0.5, 0.6) is 5.75 Å². The number of carbonyl (C=O) groups is 2. The number of carbonyl (C=O) groups excluding carboxylic acids is 2. The van der Waals surface area contributed by atoms with E-state index in [4.69, 9.17) is 14.2 Å². The molecule has 1 aromatic heterocycles. The van der Waals surface area contributed by atoms with Crippen LogP contribution in [0.1, 0.15) is 23.9 Å². The van der Waals surface area contributed by atoms with Crippen molar-refractivity contribution >= 4 is 23.6 Å². The number of benzene rings is 1. The van der Waals surface area contributed by atoms with Gasteiger partial charge in [0, 0.05) is 25.0 Å². The average Bonchev–Trinajstić information content (AvgIpc) is 3.02. The van der Waals surface area contributed by atoms with Gasteiger partial charge in [-0.15, -0.1) is 0 Å². The average molecular weight is 425 g/mol. The molecule has 1 atom stereocenters. The van der Waals surface area contributed by atoms with Gasteiger partial charge < -0.3 is 24.1 Å². The summed E-state index contributed by atoms with van der Waals surface area (Å²) >= 11 is 0. The molecule has 2 rings (SSSR count). The number of hydrogen-bond donors (Lipinski definition) is 1. The third-order valence-electron chi connectivity index (χ3n) is 4.79. The van der Waals surface area contributed by atoms with E-state index in [0.717, 1.165) is 17.0 Å². The minimum absolute atomic E-state index is 0.191. The zero-order valence-corrected chi connectivity index (χ0v) is 18.4. The Kier molecular flexibility index (Phi) is 8.41. The molecule has 1 aromatic carbocycles. The van der Waals surface area contributed by atoms with Crippen LogP contribution in [0.3, 0.4) is 0 Å². The van der Waals surface area contributed by atoms with E-state index in [1.54, 1.807) is 31.4 Å². The number of aromatic nitrogens is 1. The first-order chi connectivity index (χ1) is 14.8. The van der Waals surface area contributed by atoms with Gasteiger partial charge in [-0.3, -0.25) is 4.79 Å². The number of amides is 1. The summed E-state index contributed by atoms with van der Waals surface area (Å²) in [6.07, 6.45) is 0.363. The fraction of sp³-hybridized carbons (Fsp3) is 0.348. The number of nitriles is 1.